The number of aryl methyl sites for hydroxylation is 1. The molecule has 0 unspecified atom stereocenters. The number of halogens is 1. The number of hydrogen-bond acceptors (Lipinski definition) is 6. The summed E-state index contributed by atoms with van der Waals surface area (Å²) in [4.78, 5) is 18.4. The maximum atomic E-state index is 13.0. The molecule has 0 fully saturated rings. The lowest BCUT2D eigenvalue weighted by atomic mass is 9.95. The fraction of sp³-hybridized carbons (Fsp3) is 0.280. The van der Waals surface area contributed by atoms with Crippen LogP contribution in [0.5, 0.6) is 0 Å². The van der Waals surface area contributed by atoms with Crippen LogP contribution >= 0.6 is 22.9 Å². The predicted molar refractivity (Wildman–Crippen MR) is 131 cm³/mol. The summed E-state index contributed by atoms with van der Waals surface area (Å²) >= 11 is 8.40. The van der Waals surface area contributed by atoms with Gasteiger partial charge in [0.05, 0.1) is 12.6 Å². The van der Waals surface area contributed by atoms with Crippen LogP contribution in [0.4, 0.5) is 0 Å². The molecule has 34 heavy (non-hydrogen) atoms. The molecule has 0 bridgehead atoms. The molecule has 2 atom stereocenters. The molecule has 4 heterocycles. The van der Waals surface area contributed by atoms with E-state index < -0.39 is 0 Å². The van der Waals surface area contributed by atoms with Crippen LogP contribution < -0.4 is 10.6 Å². The van der Waals surface area contributed by atoms with Crippen molar-refractivity contribution in [1.82, 2.24) is 30.4 Å². The average molecular weight is 491 g/mol. The number of carbonyl (C=O) groups excluding carboxylic acids is 1. The third kappa shape index (κ3) is 3.62. The van der Waals surface area contributed by atoms with Gasteiger partial charge in [-0.2, -0.15) is 0 Å². The van der Waals surface area contributed by atoms with Crippen molar-refractivity contribution >= 4 is 28.8 Å². The SMILES string of the molecule is Cc1nnc2n1-c1sc3c(c1[C@H](c1ccccc1Cl)NC2)C[C@H](C(=O)NCc1cccnc1)C3. The van der Waals surface area contributed by atoms with Crippen LogP contribution in [-0.2, 0) is 30.7 Å². The molecule has 1 amide bonds. The number of aromatic nitrogens is 4. The van der Waals surface area contributed by atoms with Crippen molar-refractivity contribution in [3.05, 3.63) is 92.6 Å². The smallest absolute Gasteiger partial charge is 0.224 e. The highest BCUT2D eigenvalue weighted by atomic mass is 35.5. The van der Waals surface area contributed by atoms with Gasteiger partial charge in [-0.1, -0.05) is 35.9 Å². The van der Waals surface area contributed by atoms with Gasteiger partial charge in [0.2, 0.25) is 5.91 Å². The molecule has 1 aliphatic heterocycles. The molecule has 2 N–H and O–H groups in total. The van der Waals surface area contributed by atoms with Gasteiger partial charge in [-0.05, 0) is 48.6 Å². The Morgan fingerprint density at radius 1 is 1.24 bits per heavy atom. The third-order valence-electron chi connectivity index (χ3n) is 6.62. The summed E-state index contributed by atoms with van der Waals surface area (Å²) in [6, 6.07) is 11.7. The molecule has 1 aliphatic carbocycles. The van der Waals surface area contributed by atoms with Crippen molar-refractivity contribution in [3.8, 4) is 5.00 Å². The number of benzene rings is 1. The number of pyridine rings is 1. The van der Waals surface area contributed by atoms with Gasteiger partial charge in [0.25, 0.3) is 0 Å². The molecule has 0 spiro atoms. The van der Waals surface area contributed by atoms with Crippen LogP contribution in [-0.4, -0.2) is 25.7 Å². The van der Waals surface area contributed by atoms with E-state index in [1.807, 2.05) is 37.3 Å². The van der Waals surface area contributed by atoms with E-state index in [1.165, 1.54) is 16.0 Å². The molecular weight excluding hydrogens is 468 g/mol. The Bertz CT molecular complexity index is 1380. The highest BCUT2D eigenvalue weighted by Gasteiger charge is 2.38. The fourth-order valence-electron chi connectivity index (χ4n) is 4.98. The lowest BCUT2D eigenvalue weighted by Gasteiger charge is -2.20. The van der Waals surface area contributed by atoms with E-state index in [4.69, 9.17) is 11.6 Å². The minimum atomic E-state index is -0.0835. The molecule has 1 aromatic carbocycles. The summed E-state index contributed by atoms with van der Waals surface area (Å²) in [6.07, 6.45) is 4.96. The lowest BCUT2D eigenvalue weighted by molar-refractivity contribution is -0.124. The second-order valence-corrected chi connectivity index (χ2v) is 10.2. The van der Waals surface area contributed by atoms with Crippen molar-refractivity contribution in [3.63, 3.8) is 0 Å². The molecule has 172 valence electrons. The first kappa shape index (κ1) is 21.5. The van der Waals surface area contributed by atoms with Crippen LogP contribution in [0.25, 0.3) is 5.00 Å². The van der Waals surface area contributed by atoms with Gasteiger partial charge < -0.3 is 5.32 Å². The first-order valence-corrected chi connectivity index (χ1v) is 12.5. The number of thiophene rings is 1. The topological polar surface area (TPSA) is 84.7 Å². The second kappa shape index (κ2) is 8.61. The van der Waals surface area contributed by atoms with Crippen LogP contribution in [0.15, 0.2) is 48.8 Å². The zero-order valence-corrected chi connectivity index (χ0v) is 20.2. The van der Waals surface area contributed by atoms with Gasteiger partial charge in [0.15, 0.2) is 5.82 Å². The standard InChI is InChI=1S/C25H23ClN6OS/c1-14-30-31-21-13-28-23(17-6-2-3-7-19(17)26)22-18-9-16(10-20(18)34-25(22)32(14)21)24(33)29-12-15-5-4-8-27-11-15/h2-8,11,16,23,28H,9-10,12-13H2,1H3,(H,29,33)/t16-,23-/m0/s1. The van der Waals surface area contributed by atoms with Gasteiger partial charge in [0, 0.05) is 40.3 Å². The first-order chi connectivity index (χ1) is 16.6. The average Bonchev–Trinajstić information content (AvgIpc) is 3.49. The number of rotatable bonds is 4. The van der Waals surface area contributed by atoms with Crippen molar-refractivity contribution in [2.24, 2.45) is 5.92 Å². The van der Waals surface area contributed by atoms with Crippen molar-refractivity contribution in [2.45, 2.75) is 38.9 Å². The Kier molecular flexibility index (Phi) is 5.44. The molecule has 4 aromatic rings. The predicted octanol–water partition coefficient (Wildman–Crippen LogP) is 3.91. The minimum Gasteiger partial charge on any atom is -0.352 e. The van der Waals surface area contributed by atoms with Gasteiger partial charge >= 0.3 is 0 Å². The molecule has 0 radical (unpaired) electrons. The zero-order valence-electron chi connectivity index (χ0n) is 18.6. The van der Waals surface area contributed by atoms with Crippen LogP contribution in [0.1, 0.15) is 44.8 Å². The van der Waals surface area contributed by atoms with E-state index in [-0.39, 0.29) is 17.9 Å². The normalized spacial score (nSPS) is 18.6. The summed E-state index contributed by atoms with van der Waals surface area (Å²) in [5, 5.41) is 17.3. The summed E-state index contributed by atoms with van der Waals surface area (Å²) in [7, 11) is 0. The monoisotopic (exact) mass is 490 g/mol. The molecule has 2 aliphatic rings. The van der Waals surface area contributed by atoms with E-state index in [0.29, 0.717) is 19.5 Å². The number of nitrogens with one attached hydrogen (secondary N) is 2. The minimum absolute atomic E-state index is 0.0815. The molecular formula is C25H23ClN6OS. The van der Waals surface area contributed by atoms with Crippen LogP contribution in [0, 0.1) is 12.8 Å². The van der Waals surface area contributed by atoms with Crippen molar-refractivity contribution in [1.29, 1.82) is 0 Å². The first-order valence-electron chi connectivity index (χ1n) is 11.3. The number of fused-ring (bicyclic) bond motifs is 5. The Labute approximate surface area is 206 Å². The Balaban J connectivity index is 1.35. The quantitative estimate of drug-likeness (QED) is 0.453. The van der Waals surface area contributed by atoms with Crippen molar-refractivity contribution < 1.29 is 4.79 Å². The number of nitrogens with zero attached hydrogens (tertiary/aromatic N) is 4. The molecule has 0 saturated heterocycles. The Morgan fingerprint density at radius 2 is 2.12 bits per heavy atom. The zero-order chi connectivity index (χ0) is 23.2. The number of hydrogen-bond donors (Lipinski definition) is 2. The summed E-state index contributed by atoms with van der Waals surface area (Å²) in [5.41, 5.74) is 4.47. The maximum absolute atomic E-state index is 13.0. The maximum Gasteiger partial charge on any atom is 0.224 e. The highest BCUT2D eigenvalue weighted by Crippen LogP contribution is 2.46. The summed E-state index contributed by atoms with van der Waals surface area (Å²) in [5.74, 6) is 1.75. The molecule has 3 aromatic heterocycles. The Hall–Kier alpha value is -3.07. The number of amides is 1. The van der Waals surface area contributed by atoms with Crippen LogP contribution in [0.2, 0.25) is 5.02 Å². The molecule has 9 heteroatoms. The van der Waals surface area contributed by atoms with Crippen molar-refractivity contribution in [2.75, 3.05) is 0 Å². The lowest BCUT2D eigenvalue weighted by Crippen LogP contribution is -2.31. The van der Waals surface area contributed by atoms with E-state index in [9.17, 15) is 4.79 Å². The van der Waals surface area contributed by atoms with E-state index in [2.05, 4.69) is 36.4 Å². The fourth-order valence-corrected chi connectivity index (χ4v) is 6.74. The third-order valence-corrected chi connectivity index (χ3v) is 8.22. The van der Waals surface area contributed by atoms with Gasteiger partial charge in [-0.15, -0.1) is 21.5 Å². The molecule has 7 nitrogen and oxygen atoms in total. The summed E-state index contributed by atoms with van der Waals surface area (Å²) < 4.78 is 2.15. The van der Waals surface area contributed by atoms with E-state index in [0.717, 1.165) is 39.2 Å². The van der Waals surface area contributed by atoms with Gasteiger partial charge in [-0.3, -0.25) is 19.7 Å². The van der Waals surface area contributed by atoms with E-state index in [1.54, 1.807) is 23.7 Å². The highest BCUT2D eigenvalue weighted by molar-refractivity contribution is 7.15. The second-order valence-electron chi connectivity index (χ2n) is 8.74. The van der Waals surface area contributed by atoms with E-state index >= 15 is 0 Å². The molecule has 6 rings (SSSR count). The summed E-state index contributed by atoms with van der Waals surface area (Å²) in [6.45, 7) is 3.06. The molecule has 0 saturated carbocycles. The number of carbonyl (C=O) groups is 1. The van der Waals surface area contributed by atoms with Gasteiger partial charge in [0.1, 0.15) is 10.8 Å². The largest absolute Gasteiger partial charge is 0.352 e. The van der Waals surface area contributed by atoms with Crippen LogP contribution in [0.3, 0.4) is 0 Å². The Morgan fingerprint density at radius 3 is 2.94 bits per heavy atom. The van der Waals surface area contributed by atoms with Gasteiger partial charge in [-0.25, -0.2) is 0 Å².